The molecule has 0 radical (unpaired) electrons. The second-order valence-electron chi connectivity index (χ2n) is 7.90. The van der Waals surface area contributed by atoms with Crippen LogP contribution in [0.5, 0.6) is 0 Å². The number of amides is 2. The summed E-state index contributed by atoms with van der Waals surface area (Å²) in [4.78, 5) is 41.2. The Morgan fingerprint density at radius 2 is 1.65 bits per heavy atom. The van der Waals surface area contributed by atoms with Gasteiger partial charge < -0.3 is 14.9 Å². The molecule has 0 aliphatic carbocycles. The maximum absolute atomic E-state index is 13.3. The minimum absolute atomic E-state index is 0.133. The standard InChI is InChI=1S/C20H26N2O4/c1-19(18(25)26)10-6-12-21(14-19)17(24)20(2)11-7-13-22(20)16(23)15-8-4-3-5-9-15/h3-5,8-9H,6-7,10-14H2,1-2H3,(H,25,26). The predicted octanol–water partition coefficient (Wildman–Crippen LogP) is 2.39. The molecule has 2 aliphatic rings. The Balaban J connectivity index is 1.83. The van der Waals surface area contributed by atoms with Gasteiger partial charge >= 0.3 is 5.97 Å². The van der Waals surface area contributed by atoms with Crippen molar-refractivity contribution in [1.29, 1.82) is 0 Å². The summed E-state index contributed by atoms with van der Waals surface area (Å²) in [7, 11) is 0. The molecule has 0 aromatic heterocycles. The van der Waals surface area contributed by atoms with E-state index in [1.807, 2.05) is 25.1 Å². The van der Waals surface area contributed by atoms with E-state index >= 15 is 0 Å². The van der Waals surface area contributed by atoms with Gasteiger partial charge in [-0.2, -0.15) is 0 Å². The SMILES string of the molecule is CC1(C(=O)O)CCCN(C(=O)C2(C)CCCN2C(=O)c2ccccc2)C1. The quantitative estimate of drug-likeness (QED) is 0.900. The molecule has 26 heavy (non-hydrogen) atoms. The molecule has 2 fully saturated rings. The van der Waals surface area contributed by atoms with E-state index in [-0.39, 0.29) is 18.4 Å². The first kappa shape index (κ1) is 18.4. The Morgan fingerprint density at radius 1 is 1.00 bits per heavy atom. The highest BCUT2D eigenvalue weighted by atomic mass is 16.4. The minimum Gasteiger partial charge on any atom is -0.481 e. The molecule has 1 N–H and O–H groups in total. The van der Waals surface area contributed by atoms with Crippen molar-refractivity contribution in [2.75, 3.05) is 19.6 Å². The third-order valence-electron chi connectivity index (χ3n) is 5.87. The zero-order chi connectivity index (χ0) is 18.9. The van der Waals surface area contributed by atoms with Crippen LogP contribution in [0.1, 0.15) is 49.9 Å². The van der Waals surface area contributed by atoms with Crippen LogP contribution in [0.15, 0.2) is 30.3 Å². The number of benzene rings is 1. The molecule has 2 heterocycles. The van der Waals surface area contributed by atoms with Gasteiger partial charge in [0.2, 0.25) is 5.91 Å². The van der Waals surface area contributed by atoms with E-state index in [0.29, 0.717) is 37.9 Å². The third-order valence-corrected chi connectivity index (χ3v) is 5.87. The molecule has 1 aromatic rings. The monoisotopic (exact) mass is 358 g/mol. The molecular weight excluding hydrogens is 332 g/mol. The lowest BCUT2D eigenvalue weighted by atomic mass is 9.81. The number of likely N-dealkylation sites (tertiary alicyclic amines) is 2. The van der Waals surface area contributed by atoms with Crippen LogP contribution >= 0.6 is 0 Å². The Bertz CT molecular complexity index is 720. The number of hydrogen-bond acceptors (Lipinski definition) is 3. The Labute approximate surface area is 153 Å². The molecule has 0 spiro atoms. The highest BCUT2D eigenvalue weighted by Gasteiger charge is 2.50. The molecule has 2 saturated heterocycles. The van der Waals surface area contributed by atoms with E-state index in [2.05, 4.69) is 0 Å². The minimum atomic E-state index is -0.920. The van der Waals surface area contributed by atoms with Crippen LogP contribution in [0.2, 0.25) is 0 Å². The van der Waals surface area contributed by atoms with E-state index < -0.39 is 16.9 Å². The van der Waals surface area contributed by atoms with Gasteiger partial charge in [0.1, 0.15) is 5.54 Å². The van der Waals surface area contributed by atoms with E-state index in [0.717, 1.165) is 6.42 Å². The smallest absolute Gasteiger partial charge is 0.311 e. The summed E-state index contributed by atoms with van der Waals surface area (Å²) in [6.07, 6.45) is 2.60. The Morgan fingerprint density at radius 3 is 2.31 bits per heavy atom. The van der Waals surface area contributed by atoms with Crippen molar-refractivity contribution >= 4 is 17.8 Å². The molecular formula is C20H26N2O4. The molecule has 0 saturated carbocycles. The van der Waals surface area contributed by atoms with Crippen LogP contribution in [-0.4, -0.2) is 57.9 Å². The van der Waals surface area contributed by atoms with Crippen LogP contribution in [0.4, 0.5) is 0 Å². The summed E-state index contributed by atoms with van der Waals surface area (Å²) in [5, 5.41) is 9.51. The summed E-state index contributed by atoms with van der Waals surface area (Å²) in [5.74, 6) is -1.15. The average Bonchev–Trinajstić information content (AvgIpc) is 3.04. The van der Waals surface area contributed by atoms with Crippen molar-refractivity contribution in [3.05, 3.63) is 35.9 Å². The van der Waals surface area contributed by atoms with E-state index in [1.54, 1.807) is 28.9 Å². The van der Waals surface area contributed by atoms with Crippen LogP contribution in [0.25, 0.3) is 0 Å². The van der Waals surface area contributed by atoms with Gasteiger partial charge in [0, 0.05) is 25.2 Å². The molecule has 0 bridgehead atoms. The summed E-state index contributed by atoms with van der Waals surface area (Å²) >= 11 is 0. The second-order valence-corrected chi connectivity index (χ2v) is 7.90. The molecule has 1 aromatic carbocycles. The molecule has 140 valence electrons. The lowest BCUT2D eigenvalue weighted by Crippen LogP contribution is -2.59. The average molecular weight is 358 g/mol. The number of piperidine rings is 1. The molecule has 6 nitrogen and oxygen atoms in total. The second kappa shape index (κ2) is 6.74. The van der Waals surface area contributed by atoms with Gasteiger partial charge in [-0.1, -0.05) is 18.2 Å². The number of rotatable bonds is 3. The molecule has 2 aliphatic heterocycles. The van der Waals surface area contributed by atoms with Crippen molar-refractivity contribution in [2.24, 2.45) is 5.41 Å². The fraction of sp³-hybridized carbons (Fsp3) is 0.550. The number of carboxylic acid groups (broad SMARTS) is 1. The first-order valence-electron chi connectivity index (χ1n) is 9.18. The van der Waals surface area contributed by atoms with Gasteiger partial charge in [-0.25, -0.2) is 0 Å². The largest absolute Gasteiger partial charge is 0.481 e. The molecule has 2 amide bonds. The van der Waals surface area contributed by atoms with Gasteiger partial charge in [-0.15, -0.1) is 0 Å². The van der Waals surface area contributed by atoms with Crippen molar-refractivity contribution in [3.63, 3.8) is 0 Å². The number of nitrogens with zero attached hydrogens (tertiary/aromatic N) is 2. The molecule has 2 unspecified atom stereocenters. The highest BCUT2D eigenvalue weighted by molar-refractivity contribution is 5.99. The van der Waals surface area contributed by atoms with Crippen LogP contribution in [0, 0.1) is 5.41 Å². The number of aliphatic carboxylic acids is 1. The normalized spacial score (nSPS) is 28.8. The summed E-state index contributed by atoms with van der Waals surface area (Å²) in [5.41, 5.74) is -1.26. The Kier molecular flexibility index (Phi) is 4.78. The number of carbonyl (C=O) groups excluding carboxylic acids is 2. The number of carbonyl (C=O) groups is 3. The lowest BCUT2D eigenvalue weighted by Gasteiger charge is -2.43. The van der Waals surface area contributed by atoms with Crippen LogP contribution < -0.4 is 0 Å². The van der Waals surface area contributed by atoms with Crippen LogP contribution in [-0.2, 0) is 9.59 Å². The zero-order valence-corrected chi connectivity index (χ0v) is 15.4. The van der Waals surface area contributed by atoms with Crippen molar-refractivity contribution in [2.45, 2.75) is 45.1 Å². The molecule has 6 heteroatoms. The van der Waals surface area contributed by atoms with E-state index in [4.69, 9.17) is 0 Å². The van der Waals surface area contributed by atoms with Crippen molar-refractivity contribution in [3.8, 4) is 0 Å². The lowest BCUT2D eigenvalue weighted by molar-refractivity contribution is -0.156. The highest BCUT2D eigenvalue weighted by Crippen LogP contribution is 2.36. The summed E-state index contributed by atoms with van der Waals surface area (Å²) in [6, 6.07) is 8.99. The van der Waals surface area contributed by atoms with E-state index in [1.165, 1.54) is 0 Å². The van der Waals surface area contributed by atoms with Crippen LogP contribution in [0.3, 0.4) is 0 Å². The fourth-order valence-electron chi connectivity index (χ4n) is 4.18. The van der Waals surface area contributed by atoms with Crippen molar-refractivity contribution in [1.82, 2.24) is 9.80 Å². The molecule has 3 rings (SSSR count). The number of hydrogen-bond donors (Lipinski definition) is 1. The van der Waals surface area contributed by atoms with Crippen molar-refractivity contribution < 1.29 is 19.5 Å². The maximum Gasteiger partial charge on any atom is 0.311 e. The predicted molar refractivity (Wildman–Crippen MR) is 96.7 cm³/mol. The van der Waals surface area contributed by atoms with Gasteiger partial charge in [0.25, 0.3) is 5.91 Å². The summed E-state index contributed by atoms with van der Waals surface area (Å²) < 4.78 is 0. The fourth-order valence-corrected chi connectivity index (χ4v) is 4.18. The van der Waals surface area contributed by atoms with Gasteiger partial charge in [-0.05, 0) is 51.7 Å². The van der Waals surface area contributed by atoms with Gasteiger partial charge in [0.15, 0.2) is 0 Å². The number of carboxylic acids is 1. The zero-order valence-electron chi connectivity index (χ0n) is 15.4. The van der Waals surface area contributed by atoms with E-state index in [9.17, 15) is 19.5 Å². The maximum atomic E-state index is 13.3. The first-order chi connectivity index (χ1) is 12.3. The van der Waals surface area contributed by atoms with Gasteiger partial charge in [-0.3, -0.25) is 14.4 Å². The molecule has 2 atom stereocenters. The Hall–Kier alpha value is -2.37. The topological polar surface area (TPSA) is 77.9 Å². The van der Waals surface area contributed by atoms with Gasteiger partial charge in [0.05, 0.1) is 5.41 Å². The third kappa shape index (κ3) is 3.08. The first-order valence-corrected chi connectivity index (χ1v) is 9.18. The summed E-state index contributed by atoms with van der Waals surface area (Å²) in [6.45, 7) is 4.79.